The molecule has 0 aromatic heterocycles. The molecular formula is C22H21Cl3N2O3. The van der Waals surface area contributed by atoms with Gasteiger partial charge in [-0.25, -0.2) is 0 Å². The van der Waals surface area contributed by atoms with Crippen molar-refractivity contribution in [2.24, 2.45) is 0 Å². The first-order valence-electron chi connectivity index (χ1n) is 9.15. The van der Waals surface area contributed by atoms with E-state index in [0.717, 1.165) is 12.0 Å². The summed E-state index contributed by atoms with van der Waals surface area (Å²) in [7, 11) is 1.47. The Morgan fingerprint density at radius 3 is 2.57 bits per heavy atom. The standard InChI is InChI=1S/C22H21Cl3N2O3/c1-4-13(2)27-22(28)16(11-26)7-14-8-19(25)21(20(9-14)29-3)30-12-15-5-6-17(23)10-18(15)24/h5-10,13H,4,12H2,1-3H3,(H,27,28)/b16-7+/t13-/m0/s1. The first-order chi connectivity index (χ1) is 14.3. The molecular weight excluding hydrogens is 447 g/mol. The van der Waals surface area contributed by atoms with E-state index in [1.54, 1.807) is 30.3 Å². The van der Waals surface area contributed by atoms with Gasteiger partial charge in [-0.05, 0) is 49.2 Å². The minimum atomic E-state index is -0.445. The third-order valence-electron chi connectivity index (χ3n) is 4.30. The molecule has 0 unspecified atom stereocenters. The highest BCUT2D eigenvalue weighted by atomic mass is 35.5. The van der Waals surface area contributed by atoms with E-state index in [4.69, 9.17) is 44.3 Å². The zero-order chi connectivity index (χ0) is 22.3. The summed E-state index contributed by atoms with van der Waals surface area (Å²) in [6.45, 7) is 3.97. The van der Waals surface area contributed by atoms with Crippen LogP contribution in [0.3, 0.4) is 0 Å². The van der Waals surface area contributed by atoms with Crippen LogP contribution < -0.4 is 14.8 Å². The SMILES string of the molecule is CC[C@H](C)NC(=O)/C(C#N)=C/c1cc(Cl)c(OCc2ccc(Cl)cc2Cl)c(OC)c1. The van der Waals surface area contributed by atoms with Crippen LogP contribution in [0.2, 0.25) is 15.1 Å². The van der Waals surface area contributed by atoms with E-state index in [2.05, 4.69) is 5.32 Å². The monoisotopic (exact) mass is 466 g/mol. The van der Waals surface area contributed by atoms with Crippen molar-refractivity contribution >= 4 is 46.8 Å². The van der Waals surface area contributed by atoms with Gasteiger partial charge in [0, 0.05) is 21.7 Å². The average Bonchev–Trinajstić information content (AvgIpc) is 2.71. The first-order valence-corrected chi connectivity index (χ1v) is 10.3. The van der Waals surface area contributed by atoms with Crippen molar-refractivity contribution in [2.45, 2.75) is 32.9 Å². The highest BCUT2D eigenvalue weighted by Crippen LogP contribution is 2.38. The minimum Gasteiger partial charge on any atom is -0.493 e. The van der Waals surface area contributed by atoms with Crippen LogP contribution in [0.4, 0.5) is 0 Å². The molecule has 1 N–H and O–H groups in total. The molecule has 0 heterocycles. The second kappa shape index (κ2) is 11.1. The Morgan fingerprint density at radius 2 is 1.97 bits per heavy atom. The lowest BCUT2D eigenvalue weighted by molar-refractivity contribution is -0.117. The van der Waals surface area contributed by atoms with Crippen molar-refractivity contribution in [3.05, 3.63) is 62.1 Å². The summed E-state index contributed by atoms with van der Waals surface area (Å²) < 4.78 is 11.2. The smallest absolute Gasteiger partial charge is 0.262 e. The zero-order valence-electron chi connectivity index (χ0n) is 16.8. The van der Waals surface area contributed by atoms with Gasteiger partial charge in [0.25, 0.3) is 5.91 Å². The van der Waals surface area contributed by atoms with Gasteiger partial charge < -0.3 is 14.8 Å². The van der Waals surface area contributed by atoms with Crippen LogP contribution in [0.25, 0.3) is 6.08 Å². The lowest BCUT2D eigenvalue weighted by Gasteiger charge is -2.14. The Hall–Kier alpha value is -2.39. The Balaban J connectivity index is 2.28. The molecule has 0 radical (unpaired) electrons. The van der Waals surface area contributed by atoms with Gasteiger partial charge in [-0.3, -0.25) is 4.79 Å². The molecule has 0 spiro atoms. The van der Waals surface area contributed by atoms with Gasteiger partial charge >= 0.3 is 0 Å². The summed E-state index contributed by atoms with van der Waals surface area (Å²) >= 11 is 18.5. The van der Waals surface area contributed by atoms with Gasteiger partial charge in [0.2, 0.25) is 0 Å². The largest absolute Gasteiger partial charge is 0.493 e. The average molecular weight is 468 g/mol. The van der Waals surface area contributed by atoms with Crippen molar-refractivity contribution < 1.29 is 14.3 Å². The predicted octanol–water partition coefficient (Wildman–Crippen LogP) is 6.06. The fraction of sp³-hybridized carbons (Fsp3) is 0.273. The number of halogens is 3. The van der Waals surface area contributed by atoms with Crippen molar-refractivity contribution in [3.8, 4) is 17.6 Å². The fourth-order valence-corrected chi connectivity index (χ4v) is 3.21. The van der Waals surface area contributed by atoms with Crippen LogP contribution in [-0.2, 0) is 11.4 Å². The van der Waals surface area contributed by atoms with Crippen LogP contribution in [0.1, 0.15) is 31.4 Å². The highest BCUT2D eigenvalue weighted by Gasteiger charge is 2.15. The third-order valence-corrected chi connectivity index (χ3v) is 5.17. The van der Waals surface area contributed by atoms with Crippen LogP contribution in [-0.4, -0.2) is 19.1 Å². The summed E-state index contributed by atoms with van der Waals surface area (Å²) in [6.07, 6.45) is 2.21. The normalized spacial score (nSPS) is 12.1. The van der Waals surface area contributed by atoms with Gasteiger partial charge in [0.1, 0.15) is 18.2 Å². The molecule has 0 saturated heterocycles. The first kappa shape index (κ1) is 23.9. The molecule has 158 valence electrons. The molecule has 0 aliphatic rings. The number of nitrogens with one attached hydrogen (secondary N) is 1. The van der Waals surface area contributed by atoms with E-state index in [1.807, 2.05) is 19.9 Å². The zero-order valence-corrected chi connectivity index (χ0v) is 19.0. The van der Waals surface area contributed by atoms with Crippen molar-refractivity contribution in [2.75, 3.05) is 7.11 Å². The number of hydrogen-bond donors (Lipinski definition) is 1. The highest BCUT2D eigenvalue weighted by molar-refractivity contribution is 6.35. The van der Waals surface area contributed by atoms with E-state index in [1.165, 1.54) is 13.2 Å². The molecule has 0 bridgehead atoms. The summed E-state index contributed by atoms with van der Waals surface area (Å²) in [5.74, 6) is 0.239. The second-order valence-electron chi connectivity index (χ2n) is 6.51. The molecule has 0 fully saturated rings. The van der Waals surface area contributed by atoms with Crippen molar-refractivity contribution in [1.29, 1.82) is 5.26 Å². The number of hydrogen-bond acceptors (Lipinski definition) is 4. The summed E-state index contributed by atoms with van der Waals surface area (Å²) in [5, 5.41) is 13.4. The molecule has 2 aromatic rings. The van der Waals surface area contributed by atoms with Gasteiger partial charge in [-0.1, -0.05) is 47.8 Å². The Bertz CT molecular complexity index is 1000. The number of nitriles is 1. The van der Waals surface area contributed by atoms with Crippen molar-refractivity contribution in [3.63, 3.8) is 0 Å². The maximum atomic E-state index is 12.3. The van der Waals surface area contributed by atoms with Crippen molar-refractivity contribution in [1.82, 2.24) is 5.32 Å². The topological polar surface area (TPSA) is 71.4 Å². The molecule has 5 nitrogen and oxygen atoms in total. The second-order valence-corrected chi connectivity index (χ2v) is 7.76. The summed E-state index contributed by atoms with van der Waals surface area (Å²) in [5.41, 5.74) is 1.23. The molecule has 2 rings (SSSR count). The minimum absolute atomic E-state index is 0.0324. The number of methoxy groups -OCH3 is 1. The quantitative estimate of drug-likeness (QED) is 0.378. The van der Waals surface area contributed by atoms with Crippen LogP contribution in [0.15, 0.2) is 35.9 Å². The van der Waals surface area contributed by atoms with E-state index in [-0.39, 0.29) is 23.2 Å². The predicted molar refractivity (Wildman–Crippen MR) is 120 cm³/mol. The molecule has 0 aliphatic carbocycles. The Morgan fingerprint density at radius 1 is 1.23 bits per heavy atom. The van der Waals surface area contributed by atoms with Gasteiger partial charge in [0.05, 0.1) is 12.1 Å². The van der Waals surface area contributed by atoms with Crippen LogP contribution in [0.5, 0.6) is 11.5 Å². The molecule has 8 heteroatoms. The maximum Gasteiger partial charge on any atom is 0.262 e. The number of ether oxygens (including phenoxy) is 2. The maximum absolute atomic E-state index is 12.3. The lowest BCUT2D eigenvalue weighted by atomic mass is 10.1. The number of carbonyl (C=O) groups excluding carboxylic acids is 1. The van der Waals surface area contributed by atoms with Crippen LogP contribution in [0, 0.1) is 11.3 Å². The number of carbonyl (C=O) groups is 1. The van der Waals surface area contributed by atoms with E-state index < -0.39 is 5.91 Å². The van der Waals surface area contributed by atoms with E-state index in [0.29, 0.717) is 27.1 Å². The van der Waals surface area contributed by atoms with Crippen LogP contribution >= 0.6 is 34.8 Å². The molecule has 0 saturated carbocycles. The Labute approximate surface area is 191 Å². The number of benzene rings is 2. The Kier molecular flexibility index (Phi) is 8.86. The summed E-state index contributed by atoms with van der Waals surface area (Å²) in [6, 6.07) is 10.2. The third kappa shape index (κ3) is 6.30. The molecule has 0 aliphatic heterocycles. The number of nitrogens with zero attached hydrogens (tertiary/aromatic N) is 1. The van der Waals surface area contributed by atoms with E-state index >= 15 is 0 Å². The fourth-order valence-electron chi connectivity index (χ4n) is 2.47. The van der Waals surface area contributed by atoms with Gasteiger partial charge in [0.15, 0.2) is 11.5 Å². The molecule has 2 aromatic carbocycles. The molecule has 1 atom stereocenters. The number of rotatable bonds is 8. The van der Waals surface area contributed by atoms with E-state index in [9.17, 15) is 10.1 Å². The van der Waals surface area contributed by atoms with Gasteiger partial charge in [-0.2, -0.15) is 5.26 Å². The molecule has 1 amide bonds. The lowest BCUT2D eigenvalue weighted by Crippen LogP contribution is -2.32. The van der Waals surface area contributed by atoms with Gasteiger partial charge in [-0.15, -0.1) is 0 Å². The summed E-state index contributed by atoms with van der Waals surface area (Å²) in [4.78, 5) is 12.3. The number of amides is 1. The molecule has 30 heavy (non-hydrogen) atoms.